The highest BCUT2D eigenvalue weighted by molar-refractivity contribution is 6.30. The summed E-state index contributed by atoms with van der Waals surface area (Å²) in [7, 11) is 0. The van der Waals surface area contributed by atoms with Crippen LogP contribution < -0.4 is 5.32 Å². The number of hydrogen-bond acceptors (Lipinski definition) is 5. The molecule has 1 atom stereocenters. The summed E-state index contributed by atoms with van der Waals surface area (Å²) >= 11 is 6.08. The predicted octanol–water partition coefficient (Wildman–Crippen LogP) is 1.91. The minimum atomic E-state index is 0.0713. The Kier molecular flexibility index (Phi) is 5.16. The topological polar surface area (TPSA) is 56.3 Å². The summed E-state index contributed by atoms with van der Waals surface area (Å²) in [5.41, 5.74) is 0.971. The van der Waals surface area contributed by atoms with Gasteiger partial charge in [-0.2, -0.15) is 0 Å². The molecule has 0 bridgehead atoms. The number of nitrogens with zero attached hydrogens (tertiary/aromatic N) is 2. The lowest BCUT2D eigenvalue weighted by atomic mass is 10.2. The van der Waals surface area contributed by atoms with Gasteiger partial charge in [-0.1, -0.05) is 24.9 Å². The Balaban J connectivity index is 1.97. The lowest BCUT2D eigenvalue weighted by Crippen LogP contribution is -2.34. The third-order valence-corrected chi connectivity index (χ3v) is 3.10. The van der Waals surface area contributed by atoms with Crippen LogP contribution in [-0.2, 0) is 15.9 Å². The molecule has 1 saturated heterocycles. The molecule has 5 nitrogen and oxygen atoms in total. The number of anilines is 1. The van der Waals surface area contributed by atoms with Crippen molar-refractivity contribution in [1.82, 2.24) is 9.97 Å². The van der Waals surface area contributed by atoms with E-state index in [1.807, 2.05) is 0 Å². The third kappa shape index (κ3) is 3.54. The summed E-state index contributed by atoms with van der Waals surface area (Å²) in [6.45, 7) is 4.72. The first kappa shape index (κ1) is 13.5. The lowest BCUT2D eigenvalue weighted by molar-refractivity contribution is -0.0819. The highest BCUT2D eigenvalue weighted by Crippen LogP contribution is 2.21. The Morgan fingerprint density at radius 2 is 2.33 bits per heavy atom. The van der Waals surface area contributed by atoms with Crippen molar-refractivity contribution in [3.8, 4) is 0 Å². The fraction of sp³-hybridized carbons (Fsp3) is 0.667. The molecule has 0 spiro atoms. The number of ether oxygens (including phenoxy) is 2. The molecule has 0 aliphatic carbocycles. The van der Waals surface area contributed by atoms with Gasteiger partial charge in [-0.15, -0.1) is 0 Å². The summed E-state index contributed by atoms with van der Waals surface area (Å²) in [6, 6.07) is 0. The molecule has 0 amide bonds. The smallest absolute Gasteiger partial charge is 0.137 e. The minimum absolute atomic E-state index is 0.0713. The van der Waals surface area contributed by atoms with E-state index in [1.165, 1.54) is 6.33 Å². The number of rotatable bonds is 5. The predicted molar refractivity (Wildman–Crippen MR) is 70.1 cm³/mol. The highest BCUT2D eigenvalue weighted by atomic mass is 35.5. The summed E-state index contributed by atoms with van der Waals surface area (Å²) in [5.74, 6) is 0.797. The molecule has 2 heterocycles. The summed E-state index contributed by atoms with van der Waals surface area (Å²) in [4.78, 5) is 8.25. The molecule has 18 heavy (non-hydrogen) atoms. The molecule has 0 aromatic carbocycles. The van der Waals surface area contributed by atoms with E-state index >= 15 is 0 Å². The largest absolute Gasteiger partial charge is 0.376 e. The average Bonchev–Trinajstić information content (AvgIpc) is 2.41. The van der Waals surface area contributed by atoms with Crippen LogP contribution in [0.1, 0.15) is 18.9 Å². The molecule has 1 aromatic rings. The van der Waals surface area contributed by atoms with Crippen molar-refractivity contribution < 1.29 is 9.47 Å². The van der Waals surface area contributed by atoms with Gasteiger partial charge in [0.15, 0.2) is 0 Å². The molecule has 100 valence electrons. The van der Waals surface area contributed by atoms with Gasteiger partial charge in [-0.3, -0.25) is 0 Å². The minimum Gasteiger partial charge on any atom is -0.376 e. The number of hydrogen-bond donors (Lipinski definition) is 1. The van der Waals surface area contributed by atoms with Crippen LogP contribution in [0.4, 0.5) is 5.82 Å². The number of aromatic nitrogens is 2. The first-order valence-electron chi connectivity index (χ1n) is 6.24. The SMILES string of the molecule is CCCc1c(Cl)ncnc1NCC1COCCO1. The van der Waals surface area contributed by atoms with Crippen LogP contribution in [-0.4, -0.2) is 42.4 Å². The van der Waals surface area contributed by atoms with Crippen LogP contribution in [0, 0.1) is 0 Å². The van der Waals surface area contributed by atoms with Crippen molar-refractivity contribution >= 4 is 17.4 Å². The number of nitrogens with one attached hydrogen (secondary N) is 1. The molecule has 1 N–H and O–H groups in total. The van der Waals surface area contributed by atoms with E-state index in [0.29, 0.717) is 31.5 Å². The van der Waals surface area contributed by atoms with E-state index in [2.05, 4.69) is 22.2 Å². The van der Waals surface area contributed by atoms with Gasteiger partial charge in [-0.05, 0) is 6.42 Å². The average molecular weight is 272 g/mol. The first-order chi connectivity index (χ1) is 8.81. The van der Waals surface area contributed by atoms with E-state index in [9.17, 15) is 0 Å². The van der Waals surface area contributed by atoms with Crippen LogP contribution in [0.2, 0.25) is 5.15 Å². The van der Waals surface area contributed by atoms with Crippen LogP contribution in [0.25, 0.3) is 0 Å². The maximum absolute atomic E-state index is 6.08. The standard InChI is InChI=1S/C12H18ClN3O2/c1-2-3-10-11(13)15-8-16-12(10)14-6-9-7-17-4-5-18-9/h8-9H,2-7H2,1H3,(H,14,15,16). The van der Waals surface area contributed by atoms with Crippen molar-refractivity contribution in [2.24, 2.45) is 0 Å². The van der Waals surface area contributed by atoms with E-state index in [4.69, 9.17) is 21.1 Å². The van der Waals surface area contributed by atoms with Crippen LogP contribution >= 0.6 is 11.6 Å². The molecule has 6 heteroatoms. The second-order valence-corrected chi connectivity index (χ2v) is 4.55. The van der Waals surface area contributed by atoms with E-state index in [-0.39, 0.29) is 6.10 Å². The molecule has 1 fully saturated rings. The lowest BCUT2D eigenvalue weighted by Gasteiger charge is -2.23. The Hall–Kier alpha value is -0.910. The second kappa shape index (κ2) is 6.87. The summed E-state index contributed by atoms with van der Waals surface area (Å²) in [5, 5.41) is 3.79. The van der Waals surface area contributed by atoms with Crippen LogP contribution in [0.3, 0.4) is 0 Å². The van der Waals surface area contributed by atoms with Gasteiger partial charge >= 0.3 is 0 Å². The maximum Gasteiger partial charge on any atom is 0.137 e. The van der Waals surface area contributed by atoms with E-state index in [1.54, 1.807) is 0 Å². The van der Waals surface area contributed by atoms with Crippen molar-refractivity contribution in [2.45, 2.75) is 25.9 Å². The third-order valence-electron chi connectivity index (χ3n) is 2.77. The molecule has 1 aromatic heterocycles. The van der Waals surface area contributed by atoms with Gasteiger partial charge in [0, 0.05) is 12.1 Å². The van der Waals surface area contributed by atoms with Crippen molar-refractivity contribution in [3.63, 3.8) is 0 Å². The monoisotopic (exact) mass is 271 g/mol. The van der Waals surface area contributed by atoms with Gasteiger partial charge in [0.25, 0.3) is 0 Å². The van der Waals surface area contributed by atoms with Gasteiger partial charge in [-0.25, -0.2) is 9.97 Å². The zero-order valence-electron chi connectivity index (χ0n) is 10.5. The quantitative estimate of drug-likeness (QED) is 0.829. The Morgan fingerprint density at radius 3 is 3.06 bits per heavy atom. The molecule has 1 aliphatic rings. The first-order valence-corrected chi connectivity index (χ1v) is 6.61. The fourth-order valence-corrected chi connectivity index (χ4v) is 2.11. The van der Waals surface area contributed by atoms with Crippen LogP contribution in [0.5, 0.6) is 0 Å². The molecule has 1 unspecified atom stereocenters. The summed E-state index contributed by atoms with van der Waals surface area (Å²) in [6.07, 6.45) is 3.42. The molecule has 0 saturated carbocycles. The fourth-order valence-electron chi connectivity index (χ4n) is 1.88. The van der Waals surface area contributed by atoms with Gasteiger partial charge in [0.05, 0.1) is 25.9 Å². The Morgan fingerprint density at radius 1 is 1.44 bits per heavy atom. The highest BCUT2D eigenvalue weighted by Gasteiger charge is 2.15. The van der Waals surface area contributed by atoms with Crippen LogP contribution in [0.15, 0.2) is 6.33 Å². The Bertz CT molecular complexity index is 384. The Labute approximate surface area is 112 Å². The summed E-state index contributed by atoms with van der Waals surface area (Å²) < 4.78 is 10.9. The normalized spacial score (nSPS) is 19.8. The van der Waals surface area contributed by atoms with Crippen molar-refractivity contribution in [1.29, 1.82) is 0 Å². The molecule has 1 aliphatic heterocycles. The van der Waals surface area contributed by atoms with Gasteiger partial charge in [0.1, 0.15) is 17.3 Å². The second-order valence-electron chi connectivity index (χ2n) is 4.19. The maximum atomic E-state index is 6.08. The molecular weight excluding hydrogens is 254 g/mol. The zero-order chi connectivity index (χ0) is 12.8. The zero-order valence-corrected chi connectivity index (χ0v) is 11.2. The van der Waals surface area contributed by atoms with Gasteiger partial charge in [0.2, 0.25) is 0 Å². The van der Waals surface area contributed by atoms with Gasteiger partial charge < -0.3 is 14.8 Å². The van der Waals surface area contributed by atoms with E-state index in [0.717, 1.165) is 24.2 Å². The molecular formula is C12H18ClN3O2. The van der Waals surface area contributed by atoms with Crippen molar-refractivity contribution in [3.05, 3.63) is 17.0 Å². The molecule has 2 rings (SSSR count). The van der Waals surface area contributed by atoms with Crippen molar-refractivity contribution in [2.75, 3.05) is 31.7 Å². The number of halogens is 1. The van der Waals surface area contributed by atoms with E-state index < -0.39 is 0 Å². The molecule has 0 radical (unpaired) electrons.